The molecule has 0 amide bonds. The van der Waals surface area contributed by atoms with E-state index in [9.17, 15) is 4.79 Å². The molecule has 0 radical (unpaired) electrons. The molecule has 0 saturated heterocycles. The molecule has 4 aromatic rings. The van der Waals surface area contributed by atoms with Crippen LogP contribution < -0.4 is 0 Å². The summed E-state index contributed by atoms with van der Waals surface area (Å²) in [5, 5.41) is 13.5. The summed E-state index contributed by atoms with van der Waals surface area (Å²) in [5.41, 5.74) is 5.00. The number of aryl methyl sites for hydroxylation is 1. The topological polar surface area (TPSA) is 72.4 Å². The van der Waals surface area contributed by atoms with Crippen molar-refractivity contribution in [3.8, 4) is 22.4 Å². The van der Waals surface area contributed by atoms with E-state index in [4.69, 9.17) is 5.11 Å². The van der Waals surface area contributed by atoms with Crippen molar-refractivity contribution in [3.63, 3.8) is 0 Å². The number of hydrogen-bond donors (Lipinski definition) is 1. The van der Waals surface area contributed by atoms with Crippen LogP contribution in [0.15, 0.2) is 61.1 Å². The zero-order valence-electron chi connectivity index (χ0n) is 13.6. The quantitative estimate of drug-likeness (QED) is 0.623. The van der Waals surface area contributed by atoms with Crippen molar-refractivity contribution in [1.29, 1.82) is 0 Å². The van der Waals surface area contributed by atoms with Crippen LogP contribution in [0, 0.1) is 0 Å². The monoisotopic (exact) mass is 332 g/mol. The van der Waals surface area contributed by atoms with Crippen LogP contribution in [0.1, 0.15) is 5.69 Å². The number of hydrogen-bond acceptors (Lipinski definition) is 3. The summed E-state index contributed by atoms with van der Waals surface area (Å²) in [6.07, 6.45) is 5.50. The van der Waals surface area contributed by atoms with Gasteiger partial charge in [-0.2, -0.15) is 5.10 Å². The fraction of sp³-hybridized carbons (Fsp3) is 0.105. The number of carboxylic acid groups (broad SMARTS) is 1. The first-order valence-corrected chi connectivity index (χ1v) is 7.89. The lowest BCUT2D eigenvalue weighted by Gasteiger charge is -2.07. The molecule has 124 valence electrons. The molecule has 6 nitrogen and oxygen atoms in total. The third-order valence-electron chi connectivity index (χ3n) is 4.03. The number of aromatic nitrogens is 4. The molecular formula is C19H16N4O2. The number of pyridine rings is 1. The fourth-order valence-corrected chi connectivity index (χ4v) is 2.92. The maximum atomic E-state index is 11.0. The molecule has 4 rings (SSSR count). The summed E-state index contributed by atoms with van der Waals surface area (Å²) >= 11 is 0. The van der Waals surface area contributed by atoms with Gasteiger partial charge in [0, 0.05) is 31.2 Å². The van der Waals surface area contributed by atoms with Crippen LogP contribution >= 0.6 is 0 Å². The Morgan fingerprint density at radius 2 is 1.92 bits per heavy atom. The molecule has 0 bridgehead atoms. The number of fused-ring (bicyclic) bond motifs is 1. The summed E-state index contributed by atoms with van der Waals surface area (Å²) in [6.45, 7) is 0. The highest BCUT2D eigenvalue weighted by molar-refractivity contribution is 5.81. The molecule has 0 spiro atoms. The first-order valence-electron chi connectivity index (χ1n) is 7.89. The maximum absolute atomic E-state index is 11.0. The van der Waals surface area contributed by atoms with E-state index >= 15 is 0 Å². The van der Waals surface area contributed by atoms with Gasteiger partial charge in [-0.25, -0.2) is 4.98 Å². The number of benzene rings is 1. The van der Waals surface area contributed by atoms with E-state index in [1.807, 2.05) is 66.3 Å². The largest absolute Gasteiger partial charge is 0.481 e. The van der Waals surface area contributed by atoms with Gasteiger partial charge < -0.3 is 9.51 Å². The first-order chi connectivity index (χ1) is 12.1. The number of aliphatic carboxylic acids is 1. The van der Waals surface area contributed by atoms with Gasteiger partial charge >= 0.3 is 5.97 Å². The molecule has 1 aromatic carbocycles. The predicted octanol–water partition coefficient (Wildman–Crippen LogP) is 3.03. The van der Waals surface area contributed by atoms with Gasteiger partial charge in [0.1, 0.15) is 5.65 Å². The van der Waals surface area contributed by atoms with Crippen molar-refractivity contribution >= 4 is 11.6 Å². The Bertz CT molecular complexity index is 1060. The van der Waals surface area contributed by atoms with Crippen molar-refractivity contribution in [3.05, 3.63) is 66.7 Å². The summed E-state index contributed by atoms with van der Waals surface area (Å²) in [4.78, 5) is 15.5. The second-order valence-electron chi connectivity index (χ2n) is 5.92. The van der Waals surface area contributed by atoms with Gasteiger partial charge in [-0.1, -0.05) is 30.3 Å². The number of imidazole rings is 1. The number of nitrogens with zero attached hydrogens (tertiary/aromatic N) is 4. The Hall–Kier alpha value is -3.41. The minimum absolute atomic E-state index is 0.107. The Labute approximate surface area is 144 Å². The highest BCUT2D eigenvalue weighted by Gasteiger charge is 2.14. The molecule has 25 heavy (non-hydrogen) atoms. The molecule has 0 atom stereocenters. The van der Waals surface area contributed by atoms with Crippen LogP contribution in [-0.2, 0) is 18.3 Å². The van der Waals surface area contributed by atoms with Gasteiger partial charge in [0.25, 0.3) is 0 Å². The van der Waals surface area contributed by atoms with E-state index in [-0.39, 0.29) is 6.42 Å². The van der Waals surface area contributed by atoms with Gasteiger partial charge in [0.05, 0.1) is 17.8 Å². The maximum Gasteiger partial charge on any atom is 0.309 e. The summed E-state index contributed by atoms with van der Waals surface area (Å²) in [7, 11) is 1.86. The highest BCUT2D eigenvalue weighted by Crippen LogP contribution is 2.29. The van der Waals surface area contributed by atoms with Gasteiger partial charge in [0.15, 0.2) is 0 Å². The lowest BCUT2D eigenvalue weighted by molar-refractivity contribution is -0.136. The average molecular weight is 332 g/mol. The Balaban J connectivity index is 1.95. The molecule has 0 unspecified atom stereocenters. The standard InChI is InChI=1S/C19H16N4O2/c1-22-8-7-17(21-22)16-9-14(13-5-3-2-4-6-13)11-23-12-15(10-18(24)25)20-19(16)23/h2-9,11-12H,10H2,1H3,(H,24,25). The fourth-order valence-electron chi connectivity index (χ4n) is 2.92. The number of carboxylic acids is 1. The molecule has 0 aliphatic carbocycles. The summed E-state index contributed by atoms with van der Waals surface area (Å²) in [6, 6.07) is 14.0. The van der Waals surface area contributed by atoms with Gasteiger partial charge in [0.2, 0.25) is 0 Å². The highest BCUT2D eigenvalue weighted by atomic mass is 16.4. The molecule has 0 saturated carbocycles. The third-order valence-corrected chi connectivity index (χ3v) is 4.03. The molecule has 0 aliphatic heterocycles. The smallest absolute Gasteiger partial charge is 0.309 e. The SMILES string of the molecule is Cn1ccc(-c2cc(-c3ccccc3)cn3cc(CC(=O)O)nc23)n1. The lowest BCUT2D eigenvalue weighted by atomic mass is 10.0. The van der Waals surface area contributed by atoms with Gasteiger partial charge in [-0.3, -0.25) is 9.48 Å². The van der Waals surface area contributed by atoms with Crippen LogP contribution in [0.4, 0.5) is 0 Å². The van der Waals surface area contributed by atoms with Crippen molar-refractivity contribution in [2.45, 2.75) is 6.42 Å². The molecule has 0 fully saturated rings. The summed E-state index contributed by atoms with van der Waals surface area (Å²) in [5.74, 6) is -0.897. The molecule has 1 N–H and O–H groups in total. The van der Waals surface area contributed by atoms with E-state index in [0.29, 0.717) is 11.3 Å². The van der Waals surface area contributed by atoms with Gasteiger partial charge in [-0.15, -0.1) is 0 Å². The normalized spacial score (nSPS) is 11.1. The second-order valence-corrected chi connectivity index (χ2v) is 5.92. The van der Waals surface area contributed by atoms with Gasteiger partial charge in [-0.05, 0) is 23.3 Å². The minimum Gasteiger partial charge on any atom is -0.481 e. The molecule has 3 heterocycles. The summed E-state index contributed by atoms with van der Waals surface area (Å²) < 4.78 is 3.62. The zero-order valence-corrected chi connectivity index (χ0v) is 13.6. The molecule has 3 aromatic heterocycles. The van der Waals surface area contributed by atoms with E-state index in [2.05, 4.69) is 10.1 Å². The van der Waals surface area contributed by atoms with Crippen LogP contribution in [0.3, 0.4) is 0 Å². The van der Waals surface area contributed by atoms with Crippen molar-refractivity contribution < 1.29 is 9.90 Å². The predicted molar refractivity (Wildman–Crippen MR) is 94.2 cm³/mol. The van der Waals surface area contributed by atoms with E-state index < -0.39 is 5.97 Å². The lowest BCUT2D eigenvalue weighted by Crippen LogP contribution is -1.99. The minimum atomic E-state index is -0.897. The third kappa shape index (κ3) is 2.89. The molecule has 0 aliphatic rings. The van der Waals surface area contributed by atoms with Crippen LogP contribution in [-0.4, -0.2) is 30.2 Å². The Morgan fingerprint density at radius 1 is 1.12 bits per heavy atom. The molecule has 6 heteroatoms. The van der Waals surface area contributed by atoms with Crippen LogP contribution in [0.5, 0.6) is 0 Å². The number of rotatable bonds is 4. The van der Waals surface area contributed by atoms with Crippen molar-refractivity contribution in [2.24, 2.45) is 7.05 Å². The van der Waals surface area contributed by atoms with Crippen molar-refractivity contribution in [2.75, 3.05) is 0 Å². The van der Waals surface area contributed by atoms with Crippen molar-refractivity contribution in [1.82, 2.24) is 19.2 Å². The zero-order chi connectivity index (χ0) is 17.4. The Morgan fingerprint density at radius 3 is 2.60 bits per heavy atom. The molecular weight excluding hydrogens is 316 g/mol. The average Bonchev–Trinajstić information content (AvgIpc) is 3.19. The van der Waals surface area contributed by atoms with E-state index in [1.54, 1.807) is 10.9 Å². The Kier molecular flexibility index (Phi) is 3.57. The van der Waals surface area contributed by atoms with Crippen LogP contribution in [0.25, 0.3) is 28.0 Å². The van der Waals surface area contributed by atoms with E-state index in [0.717, 1.165) is 22.4 Å². The second kappa shape index (κ2) is 5.90. The van der Waals surface area contributed by atoms with Crippen LogP contribution in [0.2, 0.25) is 0 Å². The number of carbonyl (C=O) groups is 1. The first kappa shape index (κ1) is 15.1. The van der Waals surface area contributed by atoms with E-state index in [1.165, 1.54) is 0 Å².